The third-order valence-electron chi connectivity index (χ3n) is 4.64. The molecule has 0 radical (unpaired) electrons. The van der Waals surface area contributed by atoms with Crippen LogP contribution in [0.1, 0.15) is 41.4 Å². The summed E-state index contributed by atoms with van der Waals surface area (Å²) < 4.78 is 0. The van der Waals surface area contributed by atoms with Gasteiger partial charge in [0, 0.05) is 25.8 Å². The van der Waals surface area contributed by atoms with Crippen molar-refractivity contribution >= 4 is 11.9 Å². The Kier molecular flexibility index (Phi) is 5.08. The van der Waals surface area contributed by atoms with Crippen LogP contribution in [-0.2, 0) is 6.54 Å². The number of aryl methyl sites for hydroxylation is 1. The Labute approximate surface area is 143 Å². The van der Waals surface area contributed by atoms with E-state index >= 15 is 0 Å². The average Bonchev–Trinajstić information content (AvgIpc) is 2.61. The molecule has 0 aliphatic carbocycles. The van der Waals surface area contributed by atoms with E-state index in [0.717, 1.165) is 37.4 Å². The maximum Gasteiger partial charge on any atom is 0.270 e. The number of rotatable bonds is 4. The van der Waals surface area contributed by atoms with Gasteiger partial charge in [0.15, 0.2) is 0 Å². The molecule has 1 N–H and O–H groups in total. The van der Waals surface area contributed by atoms with E-state index in [1.54, 1.807) is 12.3 Å². The Hall–Kier alpha value is -2.43. The van der Waals surface area contributed by atoms with E-state index < -0.39 is 0 Å². The minimum Gasteiger partial charge on any atom is -0.347 e. The van der Waals surface area contributed by atoms with E-state index in [1.807, 2.05) is 31.2 Å². The molecule has 1 saturated heterocycles. The van der Waals surface area contributed by atoms with Gasteiger partial charge >= 0.3 is 0 Å². The number of piperidine rings is 1. The van der Waals surface area contributed by atoms with Gasteiger partial charge in [0.05, 0.1) is 0 Å². The van der Waals surface area contributed by atoms with Crippen LogP contribution in [0, 0.1) is 12.8 Å². The normalized spacial score (nSPS) is 15.3. The van der Waals surface area contributed by atoms with Gasteiger partial charge in [-0.3, -0.25) is 4.79 Å². The Balaban J connectivity index is 1.65. The quantitative estimate of drug-likeness (QED) is 0.939. The maximum absolute atomic E-state index is 12.4. The summed E-state index contributed by atoms with van der Waals surface area (Å²) in [4.78, 5) is 23.4. The fourth-order valence-electron chi connectivity index (χ4n) is 2.91. The summed E-state index contributed by atoms with van der Waals surface area (Å²) in [5, 5.41) is 2.95. The van der Waals surface area contributed by atoms with Gasteiger partial charge < -0.3 is 10.2 Å². The van der Waals surface area contributed by atoms with Crippen molar-refractivity contribution in [2.45, 2.75) is 33.2 Å². The number of carbonyl (C=O) groups excluding carboxylic acids is 1. The standard InChI is InChI=1S/C19H24N4O/c1-14-8-11-23(12-9-14)19-20-10-7-17(22-19)18(24)21-13-16-6-4-3-5-15(16)2/h3-7,10,14H,8-9,11-13H2,1-2H3,(H,21,24). The third-order valence-corrected chi connectivity index (χ3v) is 4.64. The number of carbonyl (C=O) groups is 1. The number of nitrogens with zero attached hydrogens (tertiary/aromatic N) is 3. The number of hydrogen-bond acceptors (Lipinski definition) is 4. The van der Waals surface area contributed by atoms with E-state index in [1.165, 1.54) is 5.56 Å². The molecule has 24 heavy (non-hydrogen) atoms. The lowest BCUT2D eigenvalue weighted by Gasteiger charge is -2.30. The Morgan fingerprint density at radius 3 is 2.75 bits per heavy atom. The zero-order chi connectivity index (χ0) is 16.9. The van der Waals surface area contributed by atoms with Crippen molar-refractivity contribution in [3.8, 4) is 0 Å². The van der Waals surface area contributed by atoms with Crippen molar-refractivity contribution in [2.24, 2.45) is 5.92 Å². The second kappa shape index (κ2) is 7.43. The summed E-state index contributed by atoms with van der Waals surface area (Å²) in [6.07, 6.45) is 3.96. The summed E-state index contributed by atoms with van der Waals surface area (Å²) in [6.45, 7) is 6.73. The minimum atomic E-state index is -0.160. The van der Waals surface area contributed by atoms with E-state index in [4.69, 9.17) is 0 Å². The zero-order valence-corrected chi connectivity index (χ0v) is 14.3. The molecule has 1 aliphatic heterocycles. The van der Waals surface area contributed by atoms with E-state index in [0.29, 0.717) is 18.2 Å². The number of anilines is 1. The van der Waals surface area contributed by atoms with Gasteiger partial charge in [-0.05, 0) is 42.9 Å². The van der Waals surface area contributed by atoms with Crippen LogP contribution in [0.25, 0.3) is 0 Å². The molecule has 1 amide bonds. The number of amides is 1. The average molecular weight is 324 g/mol. The summed E-state index contributed by atoms with van der Waals surface area (Å²) in [7, 11) is 0. The first-order valence-corrected chi connectivity index (χ1v) is 8.54. The molecule has 3 rings (SSSR count). The Bertz CT molecular complexity index is 708. The molecule has 1 aromatic carbocycles. The van der Waals surface area contributed by atoms with Crippen molar-refractivity contribution in [3.05, 3.63) is 53.3 Å². The monoisotopic (exact) mass is 324 g/mol. The van der Waals surface area contributed by atoms with Gasteiger partial charge in [0.2, 0.25) is 5.95 Å². The third kappa shape index (κ3) is 3.91. The Morgan fingerprint density at radius 1 is 1.25 bits per heavy atom. The van der Waals surface area contributed by atoms with Crippen LogP contribution in [-0.4, -0.2) is 29.0 Å². The molecule has 2 heterocycles. The maximum atomic E-state index is 12.4. The van der Waals surface area contributed by atoms with Crippen LogP contribution < -0.4 is 10.2 Å². The van der Waals surface area contributed by atoms with Crippen LogP contribution in [0.5, 0.6) is 0 Å². The zero-order valence-electron chi connectivity index (χ0n) is 14.3. The second-order valence-electron chi connectivity index (χ2n) is 6.52. The smallest absolute Gasteiger partial charge is 0.270 e. The number of benzene rings is 1. The highest BCUT2D eigenvalue weighted by atomic mass is 16.1. The van der Waals surface area contributed by atoms with Crippen molar-refractivity contribution < 1.29 is 4.79 Å². The summed E-state index contributed by atoms with van der Waals surface area (Å²) in [5.74, 6) is 1.25. The molecule has 5 nitrogen and oxygen atoms in total. The molecule has 1 fully saturated rings. The lowest BCUT2D eigenvalue weighted by atomic mass is 10.00. The molecule has 0 spiro atoms. The van der Waals surface area contributed by atoms with Crippen LogP contribution in [0.2, 0.25) is 0 Å². The van der Waals surface area contributed by atoms with E-state index in [2.05, 4.69) is 27.1 Å². The molecule has 126 valence electrons. The lowest BCUT2D eigenvalue weighted by molar-refractivity contribution is 0.0945. The van der Waals surface area contributed by atoms with Crippen LogP contribution in [0.15, 0.2) is 36.5 Å². The van der Waals surface area contributed by atoms with Gasteiger partial charge in [-0.25, -0.2) is 9.97 Å². The van der Waals surface area contributed by atoms with Crippen molar-refractivity contribution in [3.63, 3.8) is 0 Å². The molecular weight excluding hydrogens is 300 g/mol. The highest BCUT2D eigenvalue weighted by Gasteiger charge is 2.19. The highest BCUT2D eigenvalue weighted by Crippen LogP contribution is 2.19. The predicted octanol–water partition coefficient (Wildman–Crippen LogP) is 2.95. The Morgan fingerprint density at radius 2 is 2.00 bits per heavy atom. The first kappa shape index (κ1) is 16.4. The predicted molar refractivity (Wildman–Crippen MR) is 95.0 cm³/mol. The minimum absolute atomic E-state index is 0.160. The molecule has 5 heteroatoms. The molecule has 1 aromatic heterocycles. The van der Waals surface area contributed by atoms with Gasteiger partial charge in [-0.15, -0.1) is 0 Å². The molecule has 0 atom stereocenters. The van der Waals surface area contributed by atoms with Crippen molar-refractivity contribution in [1.29, 1.82) is 0 Å². The summed E-state index contributed by atoms with van der Waals surface area (Å²) in [6, 6.07) is 9.71. The SMILES string of the molecule is Cc1ccccc1CNC(=O)c1ccnc(N2CCC(C)CC2)n1. The van der Waals surface area contributed by atoms with Gasteiger partial charge in [0.1, 0.15) is 5.69 Å². The second-order valence-corrected chi connectivity index (χ2v) is 6.52. The number of aromatic nitrogens is 2. The summed E-state index contributed by atoms with van der Waals surface area (Å²) >= 11 is 0. The largest absolute Gasteiger partial charge is 0.347 e. The van der Waals surface area contributed by atoms with Crippen molar-refractivity contribution in [1.82, 2.24) is 15.3 Å². The topological polar surface area (TPSA) is 58.1 Å². The van der Waals surface area contributed by atoms with Crippen LogP contribution >= 0.6 is 0 Å². The van der Waals surface area contributed by atoms with E-state index in [-0.39, 0.29) is 5.91 Å². The number of hydrogen-bond donors (Lipinski definition) is 1. The molecule has 0 saturated carbocycles. The van der Waals surface area contributed by atoms with Crippen LogP contribution in [0.3, 0.4) is 0 Å². The lowest BCUT2D eigenvalue weighted by Crippen LogP contribution is -2.34. The van der Waals surface area contributed by atoms with Crippen LogP contribution in [0.4, 0.5) is 5.95 Å². The van der Waals surface area contributed by atoms with Gasteiger partial charge in [0.25, 0.3) is 5.91 Å². The molecular formula is C19H24N4O. The molecule has 0 unspecified atom stereocenters. The van der Waals surface area contributed by atoms with E-state index in [9.17, 15) is 4.79 Å². The van der Waals surface area contributed by atoms with Gasteiger partial charge in [-0.2, -0.15) is 0 Å². The molecule has 2 aromatic rings. The molecule has 0 bridgehead atoms. The fraction of sp³-hybridized carbons (Fsp3) is 0.421. The van der Waals surface area contributed by atoms with Crippen molar-refractivity contribution in [2.75, 3.05) is 18.0 Å². The number of nitrogens with one attached hydrogen (secondary N) is 1. The highest BCUT2D eigenvalue weighted by molar-refractivity contribution is 5.92. The summed E-state index contributed by atoms with van der Waals surface area (Å²) in [5.41, 5.74) is 2.71. The fourth-order valence-corrected chi connectivity index (χ4v) is 2.91. The molecule has 1 aliphatic rings. The van der Waals surface area contributed by atoms with Gasteiger partial charge in [-0.1, -0.05) is 31.2 Å². The first-order valence-electron chi connectivity index (χ1n) is 8.54. The first-order chi connectivity index (χ1) is 11.6.